The van der Waals surface area contributed by atoms with E-state index in [2.05, 4.69) is 69.2 Å². The first-order chi connectivity index (χ1) is 32.9. The fourth-order valence-electron chi connectivity index (χ4n) is 25.8. The lowest BCUT2D eigenvalue weighted by Crippen LogP contribution is -2.60. The van der Waals surface area contributed by atoms with Crippen molar-refractivity contribution in [2.75, 3.05) is 0 Å². The Bertz CT molecular complexity index is 1940. The molecule has 0 heterocycles. The van der Waals surface area contributed by atoms with Crippen molar-refractivity contribution in [3.63, 3.8) is 0 Å². The van der Waals surface area contributed by atoms with Crippen LogP contribution in [0.1, 0.15) is 230 Å². The van der Waals surface area contributed by atoms with Crippen LogP contribution < -0.4 is 0 Å². The highest BCUT2D eigenvalue weighted by atomic mass is 16.5. The van der Waals surface area contributed by atoms with E-state index in [1.807, 2.05) is 6.92 Å². The standard InChI is InChI=1S/C66H106O3/c1-12-43-23-47-31-61-42(8)57-28-46-24-45-27-54-36(2)21-53(26-48(54)29-55(45)41(7)56(46)30-49(57)34-66(61,33-38(4)67)35-58(47)40(6)39(43)5)69-52-17-19-63(9)50(32-52)14-16-60-62(63)22-37(3)65(11)59(18-20-64(60,65)10)44-13-15-51(68)25-44/h36-37,39-50,52-62H,12-35H2,1-11H3. The van der Waals surface area contributed by atoms with Crippen molar-refractivity contribution < 1.29 is 14.3 Å². The molecule has 0 spiro atoms. The molecular weight excluding hydrogens is 841 g/mol. The molecule has 0 radical (unpaired) electrons. The predicted molar refractivity (Wildman–Crippen MR) is 282 cm³/mol. The highest BCUT2D eigenvalue weighted by molar-refractivity contribution is 5.80. The molecule has 3 heteroatoms. The highest BCUT2D eigenvalue weighted by Gasteiger charge is 2.69. The van der Waals surface area contributed by atoms with Gasteiger partial charge in [0.05, 0.1) is 12.2 Å². The van der Waals surface area contributed by atoms with Crippen molar-refractivity contribution in [3.8, 4) is 0 Å². The van der Waals surface area contributed by atoms with E-state index in [-0.39, 0.29) is 5.41 Å². The van der Waals surface area contributed by atoms with Crippen molar-refractivity contribution in [2.24, 2.45) is 158 Å². The highest BCUT2D eigenvalue weighted by Crippen LogP contribution is 2.76. The van der Waals surface area contributed by atoms with Crippen LogP contribution in [0.4, 0.5) is 0 Å². The lowest BCUT2D eigenvalue weighted by molar-refractivity contribution is -0.196. The maximum absolute atomic E-state index is 13.3. The van der Waals surface area contributed by atoms with Crippen LogP contribution >= 0.6 is 0 Å². The van der Waals surface area contributed by atoms with Gasteiger partial charge in [0.15, 0.2) is 0 Å². The van der Waals surface area contributed by atoms with Gasteiger partial charge in [-0.2, -0.15) is 0 Å². The van der Waals surface area contributed by atoms with Gasteiger partial charge in [-0.1, -0.05) is 75.7 Å². The molecule has 0 amide bonds. The van der Waals surface area contributed by atoms with Gasteiger partial charge in [0.2, 0.25) is 0 Å². The summed E-state index contributed by atoms with van der Waals surface area (Å²) >= 11 is 0. The van der Waals surface area contributed by atoms with Gasteiger partial charge in [-0.05, 0) is 293 Å². The first-order valence-electron chi connectivity index (χ1n) is 31.5. The summed E-state index contributed by atoms with van der Waals surface area (Å²) in [5, 5.41) is 0. The lowest BCUT2D eigenvalue weighted by atomic mass is 9.38. The average molecular weight is 948 g/mol. The molecule has 0 aromatic carbocycles. The molecule has 29 unspecified atom stereocenters. The topological polar surface area (TPSA) is 43.4 Å². The third-order valence-corrected chi connectivity index (χ3v) is 29.5. The SMILES string of the molecule is CCC1CC2CC3C(C)C4CC5CC6CC7C(C)CC(OC8CCC9(C)C(CCC%10C9CC(C)C9(C)C(C%11CCC(=O)C%11)CCC%109C)C8)CC7CC6C(C)C5CC4CC3(CC(C)=O)CC2C(C)C1C. The Kier molecular flexibility index (Phi) is 12.6. The van der Waals surface area contributed by atoms with Crippen LogP contribution in [0.2, 0.25) is 0 Å². The van der Waals surface area contributed by atoms with Gasteiger partial charge in [-0.3, -0.25) is 4.79 Å². The van der Waals surface area contributed by atoms with Crippen LogP contribution in [0.3, 0.4) is 0 Å². The monoisotopic (exact) mass is 947 g/mol. The third-order valence-electron chi connectivity index (χ3n) is 29.5. The summed E-state index contributed by atoms with van der Waals surface area (Å²) in [5.74, 6) is 20.5. The van der Waals surface area contributed by atoms with Gasteiger partial charge in [-0.15, -0.1) is 0 Å². The van der Waals surface area contributed by atoms with Crippen LogP contribution in [0.25, 0.3) is 0 Å². The molecule has 388 valence electrons. The normalized spacial score (nSPS) is 59.8. The van der Waals surface area contributed by atoms with Gasteiger partial charge < -0.3 is 9.53 Å². The van der Waals surface area contributed by atoms with E-state index in [0.29, 0.717) is 45.9 Å². The van der Waals surface area contributed by atoms with Crippen LogP contribution in [0.15, 0.2) is 0 Å². The molecule has 69 heavy (non-hydrogen) atoms. The van der Waals surface area contributed by atoms with E-state index in [0.717, 1.165) is 149 Å². The Hall–Kier alpha value is -0.700. The number of carbonyl (C=O) groups is 2. The molecular formula is C66H106O3. The number of ether oxygens (including phenoxy) is 1. The van der Waals surface area contributed by atoms with Crippen molar-refractivity contribution in [2.45, 2.75) is 242 Å². The minimum atomic E-state index is 0.267. The van der Waals surface area contributed by atoms with E-state index < -0.39 is 0 Å². The Morgan fingerprint density at radius 3 is 1.97 bits per heavy atom. The lowest BCUT2D eigenvalue weighted by Gasteiger charge is -2.67. The Morgan fingerprint density at radius 2 is 1.26 bits per heavy atom. The van der Waals surface area contributed by atoms with Gasteiger partial charge in [0, 0.05) is 19.3 Å². The second-order valence-electron chi connectivity index (χ2n) is 31.3. The van der Waals surface area contributed by atoms with Crippen molar-refractivity contribution >= 4 is 11.6 Å². The van der Waals surface area contributed by atoms with Crippen molar-refractivity contribution in [1.82, 2.24) is 0 Å². The molecule has 0 bridgehead atoms. The molecule has 12 fully saturated rings. The Labute approximate surface area is 424 Å². The number of Topliss-reactive ketones (excluding diaryl/α,β-unsaturated/α-hetero) is 2. The van der Waals surface area contributed by atoms with E-state index in [1.165, 1.54) is 135 Å². The predicted octanol–water partition coefficient (Wildman–Crippen LogP) is 16.7. The average Bonchev–Trinajstić information content (AvgIpc) is 3.86. The maximum Gasteiger partial charge on any atom is 0.133 e. The number of carbonyl (C=O) groups excluding carboxylic acids is 2. The molecule has 12 aliphatic carbocycles. The van der Waals surface area contributed by atoms with E-state index >= 15 is 0 Å². The first kappa shape index (κ1) is 49.2. The number of ketones is 2. The summed E-state index contributed by atoms with van der Waals surface area (Å²) in [4.78, 5) is 25.9. The number of hydrogen-bond acceptors (Lipinski definition) is 3. The largest absolute Gasteiger partial charge is 0.375 e. The molecule has 0 N–H and O–H groups in total. The number of fused-ring (bicyclic) bond motifs is 11. The van der Waals surface area contributed by atoms with Crippen LogP contribution in [0, 0.1) is 158 Å². The van der Waals surface area contributed by atoms with Crippen molar-refractivity contribution in [1.29, 1.82) is 0 Å². The minimum absolute atomic E-state index is 0.267. The van der Waals surface area contributed by atoms with Gasteiger partial charge >= 0.3 is 0 Å². The van der Waals surface area contributed by atoms with Gasteiger partial charge in [0.25, 0.3) is 0 Å². The summed E-state index contributed by atoms with van der Waals surface area (Å²) < 4.78 is 7.49. The third kappa shape index (κ3) is 7.52. The number of rotatable bonds is 6. The molecule has 0 aliphatic heterocycles. The second-order valence-corrected chi connectivity index (χ2v) is 31.3. The molecule has 12 saturated carbocycles. The zero-order valence-corrected chi connectivity index (χ0v) is 46.6. The molecule has 29 atom stereocenters. The second kappa shape index (κ2) is 17.7. The zero-order valence-electron chi connectivity index (χ0n) is 46.6. The Morgan fingerprint density at radius 1 is 0.565 bits per heavy atom. The summed E-state index contributed by atoms with van der Waals surface area (Å²) in [6.07, 6.45) is 33.0. The quantitative estimate of drug-likeness (QED) is 0.266. The Balaban J connectivity index is 0.692. The van der Waals surface area contributed by atoms with E-state index in [4.69, 9.17) is 4.74 Å². The maximum atomic E-state index is 13.3. The first-order valence-corrected chi connectivity index (χ1v) is 31.5. The summed E-state index contributed by atoms with van der Waals surface area (Å²) in [5.41, 5.74) is 1.55. The molecule has 0 aromatic rings. The van der Waals surface area contributed by atoms with Crippen LogP contribution in [-0.4, -0.2) is 23.8 Å². The van der Waals surface area contributed by atoms with Crippen LogP contribution in [0.5, 0.6) is 0 Å². The van der Waals surface area contributed by atoms with Crippen molar-refractivity contribution in [3.05, 3.63) is 0 Å². The van der Waals surface area contributed by atoms with Gasteiger partial charge in [-0.25, -0.2) is 0 Å². The fourth-order valence-corrected chi connectivity index (χ4v) is 25.8. The molecule has 0 aromatic heterocycles. The smallest absolute Gasteiger partial charge is 0.133 e. The summed E-state index contributed by atoms with van der Waals surface area (Å²) in [6, 6.07) is 0. The summed E-state index contributed by atoms with van der Waals surface area (Å²) in [7, 11) is 0. The fraction of sp³-hybridized carbons (Fsp3) is 0.970. The number of hydrogen-bond donors (Lipinski definition) is 0. The molecule has 12 aliphatic rings. The van der Waals surface area contributed by atoms with E-state index in [9.17, 15) is 9.59 Å². The van der Waals surface area contributed by atoms with E-state index in [1.54, 1.807) is 0 Å². The zero-order chi connectivity index (χ0) is 48.3. The van der Waals surface area contributed by atoms with Gasteiger partial charge in [0.1, 0.15) is 11.6 Å². The molecule has 3 nitrogen and oxygen atoms in total. The summed E-state index contributed by atoms with van der Waals surface area (Å²) in [6.45, 7) is 28.7. The molecule has 0 saturated heterocycles. The molecule has 12 rings (SSSR count). The van der Waals surface area contributed by atoms with Crippen LogP contribution in [-0.2, 0) is 14.3 Å². The minimum Gasteiger partial charge on any atom is -0.375 e.